The van der Waals surface area contributed by atoms with Crippen LogP contribution in [0.1, 0.15) is 59.2 Å². The van der Waals surface area contributed by atoms with E-state index in [1.54, 1.807) is 7.11 Å². The van der Waals surface area contributed by atoms with E-state index in [-0.39, 0.29) is 35.7 Å². The number of aromatic hydroxyl groups is 1. The molecule has 0 bridgehead atoms. The molecule has 1 aromatic carbocycles. The zero-order valence-corrected chi connectivity index (χ0v) is 17.5. The SMILES string of the molecule is COc1c(C)c2c(c(O)c1CC=CC1CCCCCC1C(=O)OC=S)C(=O)OC2. The lowest BCUT2D eigenvalue weighted by atomic mass is 9.87. The minimum atomic E-state index is -0.514. The van der Waals surface area contributed by atoms with Gasteiger partial charge in [-0.1, -0.05) is 31.4 Å². The first-order chi connectivity index (χ1) is 14.0. The molecule has 1 N–H and O–H groups in total. The summed E-state index contributed by atoms with van der Waals surface area (Å²) in [6.45, 7) is 2.00. The molecule has 1 heterocycles. The van der Waals surface area contributed by atoms with Crippen molar-refractivity contribution in [3.8, 4) is 11.5 Å². The first kappa shape index (κ1) is 21.3. The molecular weight excluding hydrogens is 392 g/mol. The van der Waals surface area contributed by atoms with Gasteiger partial charge in [0, 0.05) is 11.1 Å². The van der Waals surface area contributed by atoms with E-state index in [4.69, 9.17) is 14.2 Å². The van der Waals surface area contributed by atoms with Crippen LogP contribution in [0.5, 0.6) is 11.5 Å². The second-order valence-corrected chi connectivity index (χ2v) is 7.68. The van der Waals surface area contributed by atoms with Crippen molar-refractivity contribution >= 4 is 29.7 Å². The van der Waals surface area contributed by atoms with Crippen molar-refractivity contribution < 1.29 is 28.9 Å². The molecule has 1 aliphatic carbocycles. The van der Waals surface area contributed by atoms with Crippen LogP contribution in [0.2, 0.25) is 0 Å². The monoisotopic (exact) mass is 418 g/mol. The van der Waals surface area contributed by atoms with Gasteiger partial charge in [0.15, 0.2) is 5.55 Å². The Balaban J connectivity index is 1.86. The van der Waals surface area contributed by atoms with E-state index in [0.29, 0.717) is 23.3 Å². The number of esters is 2. The van der Waals surface area contributed by atoms with Crippen LogP contribution < -0.4 is 4.74 Å². The molecular formula is C22H26O6S. The maximum atomic E-state index is 12.3. The van der Waals surface area contributed by atoms with Crippen LogP contribution in [0.4, 0.5) is 0 Å². The Bertz CT molecular complexity index is 844. The summed E-state index contributed by atoms with van der Waals surface area (Å²) in [7, 11) is 1.54. The third kappa shape index (κ3) is 4.29. The molecule has 0 radical (unpaired) electrons. The highest BCUT2D eigenvalue weighted by molar-refractivity contribution is 7.78. The fraction of sp³-hybridized carbons (Fsp3) is 0.500. The second-order valence-electron chi connectivity index (χ2n) is 7.49. The van der Waals surface area contributed by atoms with Crippen LogP contribution in [0, 0.1) is 18.8 Å². The Morgan fingerprint density at radius 2 is 2.07 bits per heavy atom. The molecule has 1 saturated carbocycles. The van der Waals surface area contributed by atoms with Crippen LogP contribution in [-0.4, -0.2) is 29.7 Å². The number of phenols is 1. The first-order valence-corrected chi connectivity index (χ1v) is 10.4. The van der Waals surface area contributed by atoms with E-state index in [1.807, 2.05) is 19.1 Å². The fourth-order valence-corrected chi connectivity index (χ4v) is 4.48. The summed E-state index contributed by atoms with van der Waals surface area (Å²) in [6, 6.07) is 0. The second kappa shape index (κ2) is 9.39. The number of fused-ring (bicyclic) bond motifs is 1. The number of thiocarbonyl (C=S) groups is 1. The Hall–Kier alpha value is -2.41. The molecule has 1 aromatic rings. The van der Waals surface area contributed by atoms with Crippen molar-refractivity contribution in [1.29, 1.82) is 0 Å². The van der Waals surface area contributed by atoms with E-state index in [9.17, 15) is 14.7 Å². The number of benzene rings is 1. The lowest BCUT2D eigenvalue weighted by molar-refractivity contribution is -0.141. The minimum Gasteiger partial charge on any atom is -0.507 e. The molecule has 2 aliphatic rings. The number of ether oxygens (including phenoxy) is 3. The number of allylic oxidation sites excluding steroid dienone is 2. The normalized spacial score (nSPS) is 21.4. The van der Waals surface area contributed by atoms with Crippen LogP contribution in [0.3, 0.4) is 0 Å². The van der Waals surface area contributed by atoms with Gasteiger partial charge in [0.2, 0.25) is 0 Å². The number of methoxy groups -OCH3 is 1. The van der Waals surface area contributed by atoms with E-state index in [2.05, 4.69) is 12.2 Å². The standard InChI is InChI=1S/C22H26O6S/c1-13-17-11-27-22(25)18(17)19(23)16(20(13)26-2)10-6-8-14-7-4-3-5-9-15(14)21(24)28-12-29/h6,8,12,14-15,23H,3-5,7,9-11H2,1-2H3. The van der Waals surface area contributed by atoms with Crippen molar-refractivity contribution in [1.82, 2.24) is 0 Å². The Morgan fingerprint density at radius 1 is 1.31 bits per heavy atom. The quantitative estimate of drug-likeness (QED) is 0.321. The summed E-state index contributed by atoms with van der Waals surface area (Å²) < 4.78 is 15.6. The lowest BCUT2D eigenvalue weighted by Gasteiger charge is -2.20. The fourth-order valence-electron chi connectivity index (χ4n) is 4.38. The largest absolute Gasteiger partial charge is 0.507 e. The average molecular weight is 419 g/mol. The molecule has 2 atom stereocenters. The van der Waals surface area contributed by atoms with Crippen LogP contribution in [0.25, 0.3) is 0 Å². The van der Waals surface area contributed by atoms with Gasteiger partial charge in [-0.05, 0) is 49.9 Å². The average Bonchev–Trinajstić information content (AvgIpc) is 2.94. The molecule has 0 amide bonds. The molecule has 1 fully saturated rings. The van der Waals surface area contributed by atoms with E-state index in [1.165, 1.54) is 0 Å². The molecule has 156 valence electrons. The van der Waals surface area contributed by atoms with E-state index < -0.39 is 5.97 Å². The number of carbonyl (C=O) groups excluding carboxylic acids is 2. The van der Waals surface area contributed by atoms with Crippen molar-refractivity contribution in [2.24, 2.45) is 11.8 Å². The highest BCUT2D eigenvalue weighted by Crippen LogP contribution is 2.42. The van der Waals surface area contributed by atoms with Crippen molar-refractivity contribution in [2.45, 2.75) is 52.1 Å². The van der Waals surface area contributed by atoms with Crippen molar-refractivity contribution in [2.75, 3.05) is 7.11 Å². The number of hydrogen-bond donors (Lipinski definition) is 1. The van der Waals surface area contributed by atoms with Gasteiger partial charge in [-0.2, -0.15) is 0 Å². The summed E-state index contributed by atoms with van der Waals surface area (Å²) in [4.78, 5) is 24.3. The summed E-state index contributed by atoms with van der Waals surface area (Å²) in [6.07, 6.45) is 9.12. The van der Waals surface area contributed by atoms with Gasteiger partial charge in [0.1, 0.15) is 23.7 Å². The third-order valence-corrected chi connectivity index (χ3v) is 5.99. The molecule has 0 aromatic heterocycles. The molecule has 7 heteroatoms. The smallest absolute Gasteiger partial charge is 0.342 e. The summed E-state index contributed by atoms with van der Waals surface area (Å²) in [5.41, 5.74) is 3.26. The third-order valence-electron chi connectivity index (χ3n) is 5.89. The zero-order valence-electron chi connectivity index (χ0n) is 16.7. The number of rotatable bonds is 6. The van der Waals surface area contributed by atoms with Gasteiger partial charge in [-0.25, -0.2) is 4.79 Å². The van der Waals surface area contributed by atoms with E-state index in [0.717, 1.165) is 43.2 Å². The molecule has 2 unspecified atom stereocenters. The van der Waals surface area contributed by atoms with Gasteiger partial charge in [-0.3, -0.25) is 4.79 Å². The topological polar surface area (TPSA) is 82.1 Å². The number of cyclic esters (lactones) is 1. The Labute approximate surface area is 175 Å². The van der Waals surface area contributed by atoms with Crippen molar-refractivity contribution in [3.05, 3.63) is 34.4 Å². The predicted octanol–water partition coefficient (Wildman–Crippen LogP) is 4.18. The zero-order chi connectivity index (χ0) is 21.0. The molecule has 3 rings (SSSR count). The first-order valence-electron chi connectivity index (χ1n) is 9.88. The molecule has 1 aliphatic heterocycles. The summed E-state index contributed by atoms with van der Waals surface area (Å²) in [5.74, 6) is -0.504. The van der Waals surface area contributed by atoms with Gasteiger partial charge < -0.3 is 19.3 Å². The van der Waals surface area contributed by atoms with Gasteiger partial charge in [0.25, 0.3) is 0 Å². The number of carbonyl (C=O) groups is 2. The summed E-state index contributed by atoms with van der Waals surface area (Å²) in [5, 5.41) is 10.7. The molecule has 0 saturated heterocycles. The lowest BCUT2D eigenvalue weighted by Crippen LogP contribution is -2.23. The Morgan fingerprint density at radius 3 is 2.79 bits per heavy atom. The van der Waals surface area contributed by atoms with Crippen LogP contribution in [0.15, 0.2) is 12.2 Å². The Kier molecular flexibility index (Phi) is 6.90. The van der Waals surface area contributed by atoms with E-state index >= 15 is 0 Å². The summed E-state index contributed by atoms with van der Waals surface area (Å²) >= 11 is 4.66. The van der Waals surface area contributed by atoms with Crippen molar-refractivity contribution in [3.63, 3.8) is 0 Å². The molecule has 0 spiro atoms. The van der Waals surface area contributed by atoms with Gasteiger partial charge in [0.05, 0.1) is 13.0 Å². The maximum Gasteiger partial charge on any atom is 0.342 e. The number of phenolic OH excluding ortho intramolecular Hbond substituents is 1. The maximum absolute atomic E-state index is 12.3. The van der Waals surface area contributed by atoms with Gasteiger partial charge in [-0.15, -0.1) is 0 Å². The van der Waals surface area contributed by atoms with Gasteiger partial charge >= 0.3 is 11.9 Å². The van der Waals surface area contributed by atoms with Crippen LogP contribution >= 0.6 is 12.2 Å². The van der Waals surface area contributed by atoms with Crippen LogP contribution in [-0.2, 0) is 27.3 Å². The predicted molar refractivity (Wildman–Crippen MR) is 111 cm³/mol. The minimum absolute atomic E-state index is 0.0496. The number of hydrogen-bond acceptors (Lipinski definition) is 7. The molecule has 6 nitrogen and oxygen atoms in total. The molecule has 29 heavy (non-hydrogen) atoms. The highest BCUT2D eigenvalue weighted by atomic mass is 32.1. The highest BCUT2D eigenvalue weighted by Gasteiger charge is 2.32.